The van der Waals surface area contributed by atoms with Crippen molar-refractivity contribution in [2.75, 3.05) is 9.62 Å². The number of hydrogen-bond donors (Lipinski definition) is 1. The molecule has 0 bridgehead atoms. The molecule has 0 unspecified atom stereocenters. The zero-order valence-electron chi connectivity index (χ0n) is 10.4. The molecule has 2 aromatic rings. The van der Waals surface area contributed by atoms with Gasteiger partial charge in [0.2, 0.25) is 0 Å². The van der Waals surface area contributed by atoms with Gasteiger partial charge in [0.15, 0.2) is 0 Å². The Morgan fingerprint density at radius 2 is 1.81 bits per heavy atom. The van der Waals surface area contributed by atoms with Gasteiger partial charge in [-0.15, -0.1) is 0 Å². The van der Waals surface area contributed by atoms with Crippen LogP contribution in [0.3, 0.4) is 0 Å². The summed E-state index contributed by atoms with van der Waals surface area (Å²) in [4.78, 5) is 12.4. The van der Waals surface area contributed by atoms with Crippen LogP contribution in [0.25, 0.3) is 0 Å². The van der Waals surface area contributed by atoms with Crippen LogP contribution in [0, 0.1) is 0 Å². The summed E-state index contributed by atoms with van der Waals surface area (Å²) in [6, 6.07) is 11.0. The minimum atomic E-state index is -3.76. The van der Waals surface area contributed by atoms with Gasteiger partial charge in [-0.1, -0.05) is 28.1 Å². The summed E-state index contributed by atoms with van der Waals surface area (Å²) in [6.45, 7) is 0. The van der Waals surface area contributed by atoms with E-state index in [4.69, 9.17) is 0 Å². The topological polar surface area (TPSA) is 66.5 Å². The molecule has 0 aliphatic carbocycles. The normalized spacial score (nSPS) is 15.0. The Balaban J connectivity index is 1.93. The molecule has 21 heavy (non-hydrogen) atoms. The highest BCUT2D eigenvalue weighted by atomic mass is 79.9. The van der Waals surface area contributed by atoms with E-state index in [1.165, 1.54) is 6.07 Å². The molecule has 2 amide bonds. The molecule has 5 nitrogen and oxygen atoms in total. The third-order valence-electron chi connectivity index (χ3n) is 2.96. The molecule has 1 heterocycles. The smallest absolute Gasteiger partial charge is 0.306 e. The summed E-state index contributed by atoms with van der Waals surface area (Å²) < 4.78 is 26.4. The number of fused-ring (bicyclic) bond motifs is 1. The number of carbonyl (C=O) groups is 1. The van der Waals surface area contributed by atoms with Gasteiger partial charge in [-0.3, -0.25) is 0 Å². The van der Waals surface area contributed by atoms with Crippen LogP contribution in [0.4, 0.5) is 16.2 Å². The van der Waals surface area contributed by atoms with E-state index in [9.17, 15) is 13.2 Å². The second-order valence-corrected chi connectivity index (χ2v) is 7.82. The Morgan fingerprint density at radius 3 is 2.52 bits per heavy atom. The van der Waals surface area contributed by atoms with Gasteiger partial charge in [0.25, 0.3) is 10.0 Å². The average Bonchev–Trinajstić information content (AvgIpc) is 2.43. The first kappa shape index (κ1) is 14.6. The number of nitrogens with zero attached hydrogens (tertiary/aromatic N) is 1. The molecule has 1 aliphatic rings. The van der Waals surface area contributed by atoms with Crippen LogP contribution in [0.15, 0.2) is 56.3 Å². The summed E-state index contributed by atoms with van der Waals surface area (Å²) in [6.07, 6.45) is 0. The Morgan fingerprint density at radius 1 is 1.10 bits per heavy atom. The van der Waals surface area contributed by atoms with E-state index in [1.54, 1.807) is 36.4 Å². The van der Waals surface area contributed by atoms with Crippen LogP contribution in [-0.2, 0) is 10.0 Å². The van der Waals surface area contributed by atoms with Crippen LogP contribution in [0.2, 0.25) is 0 Å². The number of rotatable bonds is 1. The number of para-hydroxylation sites is 1. The lowest BCUT2D eigenvalue weighted by Gasteiger charge is -2.33. The molecule has 2 aromatic carbocycles. The third-order valence-corrected chi connectivity index (χ3v) is 5.87. The molecule has 0 spiro atoms. The molecular formula is C13H8Br2N2O3S. The van der Waals surface area contributed by atoms with E-state index in [1.807, 2.05) is 0 Å². The Bertz CT molecular complexity index is 852. The van der Waals surface area contributed by atoms with Crippen molar-refractivity contribution in [3.05, 3.63) is 51.4 Å². The fraction of sp³-hybridized carbons (Fsp3) is 0. The van der Waals surface area contributed by atoms with Crippen molar-refractivity contribution in [2.45, 2.75) is 4.90 Å². The predicted molar refractivity (Wildman–Crippen MR) is 87.0 cm³/mol. The van der Waals surface area contributed by atoms with Gasteiger partial charge in [0, 0.05) is 8.95 Å². The highest BCUT2D eigenvalue weighted by Crippen LogP contribution is 2.42. The van der Waals surface area contributed by atoms with Crippen LogP contribution in [0.1, 0.15) is 0 Å². The molecule has 0 saturated heterocycles. The molecule has 3 rings (SSSR count). The maximum absolute atomic E-state index is 12.2. The maximum atomic E-state index is 12.2. The number of carbonyl (C=O) groups excluding carboxylic acids is 1. The van der Waals surface area contributed by atoms with E-state index in [-0.39, 0.29) is 4.90 Å². The van der Waals surface area contributed by atoms with Gasteiger partial charge in [-0.25, -0.2) is 13.2 Å². The van der Waals surface area contributed by atoms with Gasteiger partial charge >= 0.3 is 6.03 Å². The van der Waals surface area contributed by atoms with E-state index in [0.29, 0.717) is 20.3 Å². The van der Waals surface area contributed by atoms with Gasteiger partial charge in [-0.2, -0.15) is 4.31 Å². The van der Waals surface area contributed by atoms with Crippen molar-refractivity contribution in [3.63, 3.8) is 0 Å². The van der Waals surface area contributed by atoms with Crippen LogP contribution in [-0.4, -0.2) is 14.4 Å². The summed E-state index contributed by atoms with van der Waals surface area (Å²) >= 11 is 6.51. The Hall–Kier alpha value is -1.38. The monoisotopic (exact) mass is 430 g/mol. The molecule has 108 valence electrons. The molecule has 1 aliphatic heterocycles. The number of sulfonamides is 1. The van der Waals surface area contributed by atoms with E-state index in [0.717, 1.165) is 4.31 Å². The first-order valence-electron chi connectivity index (χ1n) is 5.81. The van der Waals surface area contributed by atoms with Gasteiger partial charge in [0.05, 0.1) is 11.4 Å². The van der Waals surface area contributed by atoms with Crippen molar-refractivity contribution in [1.29, 1.82) is 0 Å². The van der Waals surface area contributed by atoms with Crippen molar-refractivity contribution >= 4 is 59.3 Å². The minimum Gasteiger partial charge on any atom is -0.306 e. The third kappa shape index (κ3) is 2.37. The lowest BCUT2D eigenvalue weighted by atomic mass is 10.3. The predicted octanol–water partition coefficient (Wildman–Crippen LogP) is 3.95. The molecule has 0 atom stereocenters. The highest BCUT2D eigenvalue weighted by Gasteiger charge is 2.44. The number of halogens is 2. The van der Waals surface area contributed by atoms with Crippen LogP contribution < -0.4 is 9.62 Å². The van der Waals surface area contributed by atoms with Crippen molar-refractivity contribution in [2.24, 2.45) is 0 Å². The zero-order chi connectivity index (χ0) is 15.2. The van der Waals surface area contributed by atoms with Crippen LogP contribution >= 0.6 is 31.9 Å². The van der Waals surface area contributed by atoms with E-state index < -0.39 is 16.1 Å². The Labute approximate surface area is 138 Å². The van der Waals surface area contributed by atoms with Crippen LogP contribution in [0.5, 0.6) is 0 Å². The molecule has 0 saturated carbocycles. The molecule has 8 heteroatoms. The van der Waals surface area contributed by atoms with E-state index >= 15 is 0 Å². The number of benzene rings is 2. The maximum Gasteiger partial charge on any atom is 0.340 e. The quantitative estimate of drug-likeness (QED) is 0.743. The largest absolute Gasteiger partial charge is 0.340 e. The lowest BCUT2D eigenvalue weighted by molar-refractivity contribution is 0.259. The van der Waals surface area contributed by atoms with Gasteiger partial charge in [0.1, 0.15) is 4.90 Å². The highest BCUT2D eigenvalue weighted by molar-refractivity contribution is 9.10. The van der Waals surface area contributed by atoms with Gasteiger partial charge < -0.3 is 5.32 Å². The van der Waals surface area contributed by atoms with E-state index in [2.05, 4.69) is 37.2 Å². The molecule has 0 aromatic heterocycles. The summed E-state index contributed by atoms with van der Waals surface area (Å²) in [5.41, 5.74) is 0.867. The first-order valence-corrected chi connectivity index (χ1v) is 8.84. The lowest BCUT2D eigenvalue weighted by Crippen LogP contribution is -2.47. The summed E-state index contributed by atoms with van der Waals surface area (Å²) in [5, 5.41) is 2.57. The Kier molecular flexibility index (Phi) is 3.54. The zero-order valence-corrected chi connectivity index (χ0v) is 14.4. The fourth-order valence-corrected chi connectivity index (χ4v) is 4.34. The standard InChI is InChI=1S/C13H8Br2N2O3S/c14-8-5-6-11-12(7-8)21(19,20)17(11)13(18)16-10-4-2-1-3-9(10)15/h1-7H,(H,16,18). The average molecular weight is 432 g/mol. The molecule has 0 radical (unpaired) electrons. The number of amides is 2. The molecular weight excluding hydrogens is 424 g/mol. The number of hydrogen-bond acceptors (Lipinski definition) is 3. The first-order chi connectivity index (χ1) is 9.91. The number of urea groups is 1. The molecule has 0 fully saturated rings. The summed E-state index contributed by atoms with van der Waals surface area (Å²) in [7, 11) is -3.76. The number of anilines is 2. The number of nitrogens with one attached hydrogen (secondary N) is 1. The SMILES string of the molecule is O=C(Nc1ccccc1Br)N1c2ccc(Br)cc2S1(=O)=O. The van der Waals surface area contributed by atoms with Crippen molar-refractivity contribution in [1.82, 2.24) is 0 Å². The minimum absolute atomic E-state index is 0.138. The van der Waals surface area contributed by atoms with Gasteiger partial charge in [-0.05, 0) is 46.3 Å². The second kappa shape index (κ2) is 5.11. The summed E-state index contributed by atoms with van der Waals surface area (Å²) in [5.74, 6) is 0. The fourth-order valence-electron chi connectivity index (χ4n) is 2.00. The second-order valence-electron chi connectivity index (χ2n) is 4.29. The molecule has 1 N–H and O–H groups in total. The van der Waals surface area contributed by atoms with Crippen molar-refractivity contribution < 1.29 is 13.2 Å². The van der Waals surface area contributed by atoms with Crippen molar-refractivity contribution in [3.8, 4) is 0 Å².